The Balaban J connectivity index is 1.63. The summed E-state index contributed by atoms with van der Waals surface area (Å²) in [7, 11) is 0. The number of carbonyl (C=O) groups is 2. The molecule has 1 amide bonds. The normalized spacial score (nSPS) is 11.3. The number of rotatable bonds is 5. The van der Waals surface area contributed by atoms with Gasteiger partial charge in [-0.2, -0.15) is 17.9 Å². The Labute approximate surface area is 171 Å². The van der Waals surface area contributed by atoms with Crippen molar-refractivity contribution in [1.82, 2.24) is 15.0 Å². The first-order valence-corrected chi connectivity index (χ1v) is 8.67. The van der Waals surface area contributed by atoms with Gasteiger partial charge in [0.25, 0.3) is 11.5 Å². The first-order chi connectivity index (χ1) is 14.1. The molecule has 8 nitrogen and oxygen atoms in total. The van der Waals surface area contributed by atoms with Crippen LogP contribution in [-0.4, -0.2) is 33.5 Å². The highest BCUT2D eigenvalue weighted by molar-refractivity contribution is 6.30. The molecule has 0 unspecified atom stereocenters. The molecule has 0 aliphatic rings. The van der Waals surface area contributed by atoms with Crippen molar-refractivity contribution in [1.29, 1.82) is 0 Å². The van der Waals surface area contributed by atoms with Gasteiger partial charge in [0.1, 0.15) is 12.1 Å². The maximum absolute atomic E-state index is 13.0. The lowest BCUT2D eigenvalue weighted by Gasteiger charge is -2.14. The summed E-state index contributed by atoms with van der Waals surface area (Å²) in [5.74, 6) is -2.00. The van der Waals surface area contributed by atoms with E-state index < -0.39 is 48.0 Å². The Morgan fingerprint density at radius 1 is 1.17 bits per heavy atom. The van der Waals surface area contributed by atoms with Crippen LogP contribution >= 0.6 is 11.6 Å². The van der Waals surface area contributed by atoms with Crippen molar-refractivity contribution in [3.8, 4) is 0 Å². The first kappa shape index (κ1) is 21.2. The second-order valence-electron chi connectivity index (χ2n) is 5.97. The Hall–Kier alpha value is -3.47. The van der Waals surface area contributed by atoms with E-state index in [0.717, 1.165) is 10.7 Å². The van der Waals surface area contributed by atoms with Gasteiger partial charge < -0.3 is 10.1 Å². The predicted molar refractivity (Wildman–Crippen MR) is 99.8 cm³/mol. The van der Waals surface area contributed by atoms with Crippen LogP contribution in [0.1, 0.15) is 5.56 Å². The lowest BCUT2D eigenvalue weighted by Crippen LogP contribution is -2.30. The highest BCUT2D eigenvalue weighted by Crippen LogP contribution is 2.36. The van der Waals surface area contributed by atoms with Gasteiger partial charge >= 0.3 is 12.1 Å². The van der Waals surface area contributed by atoms with Crippen molar-refractivity contribution >= 4 is 40.1 Å². The molecule has 0 bridgehead atoms. The van der Waals surface area contributed by atoms with Crippen molar-refractivity contribution in [2.45, 2.75) is 12.7 Å². The number of anilines is 1. The second-order valence-corrected chi connectivity index (χ2v) is 6.40. The van der Waals surface area contributed by atoms with E-state index in [1.165, 1.54) is 12.1 Å². The minimum Gasteiger partial charge on any atom is -0.454 e. The number of hydrogen-bond donors (Lipinski definition) is 1. The Morgan fingerprint density at radius 3 is 2.63 bits per heavy atom. The summed E-state index contributed by atoms with van der Waals surface area (Å²) in [4.78, 5) is 36.0. The minimum atomic E-state index is -4.75. The number of aromatic nitrogens is 3. The molecule has 0 fully saturated rings. The van der Waals surface area contributed by atoms with Gasteiger partial charge in [-0.05, 0) is 30.3 Å². The highest BCUT2D eigenvalue weighted by Gasteiger charge is 2.34. The Kier molecular flexibility index (Phi) is 6.01. The number of esters is 1. The van der Waals surface area contributed by atoms with Crippen molar-refractivity contribution in [2.24, 2.45) is 0 Å². The zero-order valence-electron chi connectivity index (χ0n) is 14.9. The second kappa shape index (κ2) is 8.49. The maximum atomic E-state index is 13.0. The molecule has 0 saturated heterocycles. The lowest BCUT2D eigenvalue weighted by molar-refractivity contribution is -0.148. The molecular formula is C18H12ClF3N4O4. The standard InChI is InChI=1S/C18H12ClF3N4O4/c19-10-5-6-14(12(7-10)18(20,21)22)23-15(27)9-30-16(28)8-26-17(29)11-3-1-2-4-13(11)24-25-26/h1-7H,8-9H2,(H,23,27). The number of nitrogens with zero attached hydrogens (tertiary/aromatic N) is 3. The van der Waals surface area contributed by atoms with Crippen LogP contribution in [0.5, 0.6) is 0 Å². The van der Waals surface area contributed by atoms with E-state index in [9.17, 15) is 27.6 Å². The van der Waals surface area contributed by atoms with E-state index in [1.54, 1.807) is 18.2 Å². The van der Waals surface area contributed by atoms with Crippen molar-refractivity contribution in [2.75, 3.05) is 11.9 Å². The number of ether oxygens (including phenoxy) is 1. The van der Waals surface area contributed by atoms with Crippen molar-refractivity contribution in [3.63, 3.8) is 0 Å². The number of nitrogens with one attached hydrogen (secondary N) is 1. The lowest BCUT2D eigenvalue weighted by atomic mass is 10.1. The molecule has 0 aliphatic heterocycles. The zero-order chi connectivity index (χ0) is 21.9. The molecule has 2 aromatic carbocycles. The maximum Gasteiger partial charge on any atom is 0.418 e. The summed E-state index contributed by atoms with van der Waals surface area (Å²) >= 11 is 5.57. The Morgan fingerprint density at radius 2 is 1.90 bits per heavy atom. The summed E-state index contributed by atoms with van der Waals surface area (Å²) in [6.45, 7) is -1.49. The largest absolute Gasteiger partial charge is 0.454 e. The van der Waals surface area contributed by atoms with Crippen LogP contribution in [0.25, 0.3) is 10.9 Å². The summed E-state index contributed by atoms with van der Waals surface area (Å²) in [6.07, 6.45) is -4.75. The molecule has 1 aromatic heterocycles. The predicted octanol–water partition coefficient (Wildman–Crippen LogP) is 2.65. The topological polar surface area (TPSA) is 103 Å². The van der Waals surface area contributed by atoms with Crippen LogP contribution in [0, 0.1) is 0 Å². The molecule has 3 rings (SSSR count). The van der Waals surface area contributed by atoms with Gasteiger partial charge in [-0.3, -0.25) is 14.4 Å². The van der Waals surface area contributed by atoms with Crippen LogP contribution in [0.15, 0.2) is 47.3 Å². The van der Waals surface area contributed by atoms with E-state index >= 15 is 0 Å². The zero-order valence-corrected chi connectivity index (χ0v) is 15.7. The third-order valence-corrected chi connectivity index (χ3v) is 4.07. The van der Waals surface area contributed by atoms with Gasteiger partial charge in [0.15, 0.2) is 6.61 Å². The molecule has 0 atom stereocenters. The van der Waals surface area contributed by atoms with Gasteiger partial charge in [-0.1, -0.05) is 28.9 Å². The molecule has 0 radical (unpaired) electrons. The van der Waals surface area contributed by atoms with Crippen LogP contribution in [0.3, 0.4) is 0 Å². The average Bonchev–Trinajstić information content (AvgIpc) is 2.69. The fraction of sp³-hybridized carbons (Fsp3) is 0.167. The summed E-state index contributed by atoms with van der Waals surface area (Å²) in [5, 5.41) is 9.48. The fourth-order valence-corrected chi connectivity index (χ4v) is 2.66. The number of carbonyl (C=O) groups excluding carboxylic acids is 2. The molecule has 30 heavy (non-hydrogen) atoms. The van der Waals surface area contributed by atoms with Crippen LogP contribution in [0.2, 0.25) is 5.02 Å². The van der Waals surface area contributed by atoms with Crippen LogP contribution in [-0.2, 0) is 27.0 Å². The number of benzene rings is 2. The molecule has 1 heterocycles. The molecular weight excluding hydrogens is 429 g/mol. The monoisotopic (exact) mass is 440 g/mol. The average molecular weight is 441 g/mol. The van der Waals surface area contributed by atoms with Gasteiger partial charge in [-0.25, -0.2) is 0 Å². The van der Waals surface area contributed by atoms with Crippen LogP contribution in [0.4, 0.5) is 18.9 Å². The third kappa shape index (κ3) is 4.92. The Bertz CT molecular complexity index is 1180. The van der Waals surface area contributed by atoms with Crippen molar-refractivity contribution in [3.05, 3.63) is 63.4 Å². The van der Waals surface area contributed by atoms with Gasteiger partial charge in [0, 0.05) is 5.02 Å². The number of amides is 1. The first-order valence-electron chi connectivity index (χ1n) is 8.30. The fourth-order valence-electron chi connectivity index (χ4n) is 2.49. The molecule has 12 heteroatoms. The third-order valence-electron chi connectivity index (χ3n) is 3.83. The van der Waals surface area contributed by atoms with Gasteiger partial charge in [0.2, 0.25) is 0 Å². The summed E-state index contributed by atoms with van der Waals surface area (Å²) in [6, 6.07) is 9.17. The van der Waals surface area contributed by atoms with Gasteiger partial charge in [0.05, 0.1) is 16.6 Å². The summed E-state index contributed by atoms with van der Waals surface area (Å²) < 4.78 is 44.6. The highest BCUT2D eigenvalue weighted by atomic mass is 35.5. The molecule has 0 aliphatic carbocycles. The quantitative estimate of drug-likeness (QED) is 0.612. The summed E-state index contributed by atoms with van der Waals surface area (Å²) in [5.41, 5.74) is -1.93. The van der Waals surface area contributed by atoms with E-state index in [1.807, 2.05) is 5.32 Å². The van der Waals surface area contributed by atoms with E-state index in [4.69, 9.17) is 16.3 Å². The molecule has 3 aromatic rings. The van der Waals surface area contributed by atoms with E-state index in [2.05, 4.69) is 10.3 Å². The molecule has 0 spiro atoms. The number of alkyl halides is 3. The smallest absolute Gasteiger partial charge is 0.418 e. The number of halogens is 4. The molecule has 1 N–H and O–H groups in total. The van der Waals surface area contributed by atoms with Gasteiger partial charge in [-0.15, -0.1) is 5.10 Å². The van der Waals surface area contributed by atoms with Crippen LogP contribution < -0.4 is 10.9 Å². The number of hydrogen-bond acceptors (Lipinski definition) is 6. The SMILES string of the molecule is O=C(COC(=O)Cn1nnc2ccccc2c1=O)Nc1ccc(Cl)cc1C(F)(F)F. The minimum absolute atomic E-state index is 0.159. The number of fused-ring (bicyclic) bond motifs is 1. The molecule has 0 saturated carbocycles. The van der Waals surface area contributed by atoms with E-state index in [0.29, 0.717) is 11.6 Å². The molecule has 156 valence electrons. The van der Waals surface area contributed by atoms with Crippen molar-refractivity contribution < 1.29 is 27.5 Å². The van der Waals surface area contributed by atoms with E-state index in [-0.39, 0.29) is 10.4 Å².